The second-order valence-electron chi connectivity index (χ2n) is 5.11. The number of imidazole rings is 1. The minimum Gasteiger partial charge on any atom is -0.328 e. The van der Waals surface area contributed by atoms with Gasteiger partial charge < -0.3 is 15.2 Å². The highest BCUT2D eigenvalue weighted by molar-refractivity contribution is 5.11. The van der Waals surface area contributed by atoms with Gasteiger partial charge in [-0.15, -0.1) is 0 Å². The molecule has 0 bridgehead atoms. The Balaban J connectivity index is 2.25. The first kappa shape index (κ1) is 10.6. The zero-order chi connectivity index (χ0) is 11.1. The van der Waals surface area contributed by atoms with Crippen LogP contribution in [0.1, 0.15) is 32.0 Å². The fourth-order valence-corrected chi connectivity index (χ4v) is 2.23. The van der Waals surface area contributed by atoms with Crippen molar-refractivity contribution in [3.8, 4) is 0 Å². The van der Waals surface area contributed by atoms with Gasteiger partial charge in [-0.1, -0.05) is 0 Å². The molecule has 0 amide bonds. The van der Waals surface area contributed by atoms with Crippen molar-refractivity contribution in [1.29, 1.82) is 0 Å². The lowest BCUT2D eigenvalue weighted by Crippen LogP contribution is -2.33. The number of hydrogen-bond acceptors (Lipinski definition) is 3. The number of nitrogens with zero attached hydrogens (tertiary/aromatic N) is 3. The molecule has 0 aromatic carbocycles. The molecular formula is C11H20N4. The molecule has 2 N–H and O–H groups in total. The van der Waals surface area contributed by atoms with E-state index in [1.165, 1.54) is 6.42 Å². The molecule has 1 aromatic heterocycles. The highest BCUT2D eigenvalue weighted by atomic mass is 15.2. The largest absolute Gasteiger partial charge is 0.328 e. The molecule has 1 saturated heterocycles. The maximum absolute atomic E-state index is 6.13. The molecule has 1 fully saturated rings. The van der Waals surface area contributed by atoms with Crippen molar-refractivity contribution in [1.82, 2.24) is 14.5 Å². The van der Waals surface area contributed by atoms with Gasteiger partial charge in [-0.25, -0.2) is 4.98 Å². The number of rotatable bonds is 2. The monoisotopic (exact) mass is 208 g/mol. The summed E-state index contributed by atoms with van der Waals surface area (Å²) in [6.45, 7) is 6.31. The van der Waals surface area contributed by atoms with Crippen molar-refractivity contribution in [3.05, 3.63) is 18.2 Å². The molecule has 1 aliphatic heterocycles. The van der Waals surface area contributed by atoms with E-state index in [-0.39, 0.29) is 5.54 Å². The second-order valence-corrected chi connectivity index (χ2v) is 5.11. The lowest BCUT2D eigenvalue weighted by Gasteiger charge is -2.24. The van der Waals surface area contributed by atoms with Crippen LogP contribution in [0.5, 0.6) is 0 Å². The van der Waals surface area contributed by atoms with E-state index in [1.54, 1.807) is 0 Å². The number of hydrogen-bond donors (Lipinski definition) is 1. The van der Waals surface area contributed by atoms with Gasteiger partial charge in [0.1, 0.15) is 0 Å². The van der Waals surface area contributed by atoms with Gasteiger partial charge in [0.25, 0.3) is 0 Å². The summed E-state index contributed by atoms with van der Waals surface area (Å²) in [5, 5.41) is 0. The van der Waals surface area contributed by atoms with Gasteiger partial charge in [0.05, 0.1) is 17.6 Å². The Labute approximate surface area is 91.1 Å². The Morgan fingerprint density at radius 3 is 2.80 bits per heavy atom. The highest BCUT2D eigenvalue weighted by Crippen LogP contribution is 2.25. The van der Waals surface area contributed by atoms with E-state index in [0.29, 0.717) is 6.04 Å². The van der Waals surface area contributed by atoms with Crippen LogP contribution in [-0.2, 0) is 5.54 Å². The molecule has 4 heteroatoms. The van der Waals surface area contributed by atoms with Gasteiger partial charge >= 0.3 is 0 Å². The van der Waals surface area contributed by atoms with Crippen LogP contribution in [0.4, 0.5) is 0 Å². The fourth-order valence-electron chi connectivity index (χ4n) is 2.23. The molecule has 0 radical (unpaired) electrons. The molecule has 0 aliphatic carbocycles. The normalized spacial score (nSPS) is 23.6. The molecule has 1 aromatic rings. The molecule has 4 nitrogen and oxygen atoms in total. The van der Waals surface area contributed by atoms with Gasteiger partial charge in [-0.3, -0.25) is 0 Å². The lowest BCUT2D eigenvalue weighted by molar-refractivity contribution is 0.380. The first-order chi connectivity index (χ1) is 6.98. The summed E-state index contributed by atoms with van der Waals surface area (Å²) < 4.78 is 2.24. The zero-order valence-corrected chi connectivity index (χ0v) is 9.77. The van der Waals surface area contributed by atoms with Crippen LogP contribution < -0.4 is 5.73 Å². The lowest BCUT2D eigenvalue weighted by atomic mass is 10.0. The van der Waals surface area contributed by atoms with E-state index in [2.05, 4.69) is 21.5 Å². The van der Waals surface area contributed by atoms with Crippen LogP contribution in [0.3, 0.4) is 0 Å². The molecule has 1 aliphatic rings. The number of likely N-dealkylation sites (N-methyl/N-ethyl adjacent to an activating group) is 1. The van der Waals surface area contributed by atoms with Crippen LogP contribution in [0, 0.1) is 0 Å². The van der Waals surface area contributed by atoms with E-state index in [1.807, 2.05) is 26.4 Å². The summed E-state index contributed by atoms with van der Waals surface area (Å²) in [6, 6.07) is 0.537. The third-order valence-corrected chi connectivity index (χ3v) is 3.09. The summed E-state index contributed by atoms with van der Waals surface area (Å²) in [4.78, 5) is 6.57. The van der Waals surface area contributed by atoms with Gasteiger partial charge in [0.15, 0.2) is 0 Å². The summed E-state index contributed by atoms with van der Waals surface area (Å²) in [6.07, 6.45) is 4.99. The van der Waals surface area contributed by atoms with E-state index in [9.17, 15) is 0 Å². The van der Waals surface area contributed by atoms with E-state index >= 15 is 0 Å². The third kappa shape index (κ3) is 2.06. The summed E-state index contributed by atoms with van der Waals surface area (Å²) in [7, 11) is 2.16. The third-order valence-electron chi connectivity index (χ3n) is 3.09. The SMILES string of the molecule is CN1CCC(n2cncc2C(C)(C)N)C1. The van der Waals surface area contributed by atoms with Crippen molar-refractivity contribution < 1.29 is 0 Å². The Bertz CT molecular complexity index is 337. The van der Waals surface area contributed by atoms with E-state index < -0.39 is 0 Å². The predicted octanol–water partition coefficient (Wildman–Crippen LogP) is 0.954. The Morgan fingerprint density at radius 1 is 1.53 bits per heavy atom. The first-order valence-corrected chi connectivity index (χ1v) is 5.48. The van der Waals surface area contributed by atoms with Crippen LogP contribution in [0.25, 0.3) is 0 Å². The zero-order valence-electron chi connectivity index (χ0n) is 9.77. The fraction of sp³-hybridized carbons (Fsp3) is 0.727. The van der Waals surface area contributed by atoms with E-state index in [0.717, 1.165) is 18.8 Å². The minimum atomic E-state index is -0.308. The Kier molecular flexibility index (Phi) is 2.56. The molecule has 2 rings (SSSR count). The van der Waals surface area contributed by atoms with Gasteiger partial charge in [0, 0.05) is 18.8 Å². The molecule has 0 spiro atoms. The molecule has 15 heavy (non-hydrogen) atoms. The average Bonchev–Trinajstić information content (AvgIpc) is 2.68. The van der Waals surface area contributed by atoms with Crippen LogP contribution in [0.15, 0.2) is 12.5 Å². The van der Waals surface area contributed by atoms with Gasteiger partial charge in [-0.05, 0) is 33.9 Å². The van der Waals surface area contributed by atoms with Crippen molar-refractivity contribution in [2.45, 2.75) is 31.8 Å². The molecule has 0 saturated carbocycles. The van der Waals surface area contributed by atoms with E-state index in [4.69, 9.17) is 5.73 Å². The number of aromatic nitrogens is 2. The maximum Gasteiger partial charge on any atom is 0.0951 e. The first-order valence-electron chi connectivity index (χ1n) is 5.48. The van der Waals surface area contributed by atoms with Crippen molar-refractivity contribution in [2.75, 3.05) is 20.1 Å². The Morgan fingerprint density at radius 2 is 2.27 bits per heavy atom. The van der Waals surface area contributed by atoms with Crippen molar-refractivity contribution in [2.24, 2.45) is 5.73 Å². The van der Waals surface area contributed by atoms with Crippen molar-refractivity contribution >= 4 is 0 Å². The molecule has 1 atom stereocenters. The predicted molar refractivity (Wildman–Crippen MR) is 60.6 cm³/mol. The summed E-state index contributed by atoms with van der Waals surface area (Å²) in [5.74, 6) is 0. The molecular weight excluding hydrogens is 188 g/mol. The smallest absolute Gasteiger partial charge is 0.0951 e. The quantitative estimate of drug-likeness (QED) is 0.787. The maximum atomic E-state index is 6.13. The van der Waals surface area contributed by atoms with Crippen molar-refractivity contribution in [3.63, 3.8) is 0 Å². The van der Waals surface area contributed by atoms with Crippen LogP contribution in [-0.4, -0.2) is 34.6 Å². The summed E-state index contributed by atoms with van der Waals surface area (Å²) >= 11 is 0. The number of likely N-dealkylation sites (tertiary alicyclic amines) is 1. The topological polar surface area (TPSA) is 47.1 Å². The average molecular weight is 208 g/mol. The minimum absolute atomic E-state index is 0.308. The second kappa shape index (κ2) is 3.61. The van der Waals surface area contributed by atoms with Crippen LogP contribution >= 0.6 is 0 Å². The standard InChI is InChI=1S/C11H20N4/c1-11(2,12)10-6-13-8-15(10)9-4-5-14(3)7-9/h6,8-9H,4-5,7,12H2,1-3H3. The molecule has 1 unspecified atom stereocenters. The molecule has 84 valence electrons. The van der Waals surface area contributed by atoms with Crippen LogP contribution in [0.2, 0.25) is 0 Å². The van der Waals surface area contributed by atoms with Gasteiger partial charge in [-0.2, -0.15) is 0 Å². The Hall–Kier alpha value is -0.870. The summed E-state index contributed by atoms with van der Waals surface area (Å²) in [5.41, 5.74) is 6.95. The molecule has 2 heterocycles. The highest BCUT2D eigenvalue weighted by Gasteiger charge is 2.26. The number of nitrogens with two attached hydrogens (primary N) is 1. The van der Waals surface area contributed by atoms with Gasteiger partial charge in [0.2, 0.25) is 0 Å².